The molecule has 3 rings (SSSR count). The smallest absolute Gasteiger partial charge is 0.209 e. The van der Waals surface area contributed by atoms with Gasteiger partial charge in [0.15, 0.2) is 5.71 Å². The second-order valence-electron chi connectivity index (χ2n) is 7.39. The summed E-state index contributed by atoms with van der Waals surface area (Å²) < 4.78 is 2.34. The van der Waals surface area contributed by atoms with Crippen LogP contribution in [0.25, 0.3) is 6.08 Å². The Morgan fingerprint density at radius 2 is 1.74 bits per heavy atom. The molecule has 0 spiro atoms. The van der Waals surface area contributed by atoms with E-state index in [1.54, 1.807) is 0 Å². The summed E-state index contributed by atoms with van der Waals surface area (Å²) in [6.07, 6.45) is 7.45. The standard InChI is InChI=1S/C25H31N2/c1-6-18-25(4)22-19-21(27(7-2)8-3)15-16-23(22)26(5)24(25)17-14-20-12-10-9-11-13-20/h6,9-17,19H,1,7-8,18H2,2-5H3/q+1/b17-14+. The van der Waals surface area contributed by atoms with Gasteiger partial charge >= 0.3 is 0 Å². The van der Waals surface area contributed by atoms with Crippen molar-refractivity contribution in [2.45, 2.75) is 32.6 Å². The predicted molar refractivity (Wildman–Crippen MR) is 118 cm³/mol. The molecule has 140 valence electrons. The maximum absolute atomic E-state index is 4.04. The Bertz CT molecular complexity index is 872. The van der Waals surface area contributed by atoms with E-state index in [0.717, 1.165) is 19.5 Å². The number of nitrogens with zero attached hydrogens (tertiary/aromatic N) is 2. The van der Waals surface area contributed by atoms with Gasteiger partial charge in [0.25, 0.3) is 0 Å². The molecule has 2 heteroatoms. The normalized spacial score (nSPS) is 18.8. The highest BCUT2D eigenvalue weighted by atomic mass is 15.1. The molecule has 1 aliphatic heterocycles. The Kier molecular flexibility index (Phi) is 5.65. The van der Waals surface area contributed by atoms with Gasteiger partial charge < -0.3 is 4.90 Å². The highest BCUT2D eigenvalue weighted by Gasteiger charge is 2.45. The summed E-state index contributed by atoms with van der Waals surface area (Å²) in [5.41, 5.74) is 6.46. The van der Waals surface area contributed by atoms with Gasteiger partial charge in [0.2, 0.25) is 5.69 Å². The van der Waals surface area contributed by atoms with Crippen molar-refractivity contribution in [3.05, 3.63) is 78.4 Å². The first-order valence-corrected chi connectivity index (χ1v) is 9.89. The Hall–Kier alpha value is -2.61. The van der Waals surface area contributed by atoms with Crippen LogP contribution >= 0.6 is 0 Å². The second-order valence-corrected chi connectivity index (χ2v) is 7.39. The molecule has 0 bridgehead atoms. The van der Waals surface area contributed by atoms with Gasteiger partial charge in [-0.3, -0.25) is 0 Å². The third-order valence-corrected chi connectivity index (χ3v) is 5.78. The second kappa shape index (κ2) is 7.96. The maximum atomic E-state index is 4.04. The summed E-state index contributed by atoms with van der Waals surface area (Å²) in [5.74, 6) is 0. The molecular formula is C25H31N2+. The Morgan fingerprint density at radius 3 is 2.37 bits per heavy atom. The number of benzene rings is 2. The predicted octanol–water partition coefficient (Wildman–Crippen LogP) is 5.81. The van der Waals surface area contributed by atoms with Crippen LogP contribution in [0.2, 0.25) is 0 Å². The highest BCUT2D eigenvalue weighted by molar-refractivity contribution is 6.06. The summed E-state index contributed by atoms with van der Waals surface area (Å²) in [6.45, 7) is 12.9. The fourth-order valence-corrected chi connectivity index (χ4v) is 4.22. The molecule has 1 aliphatic rings. The molecule has 2 nitrogen and oxygen atoms in total. The van der Waals surface area contributed by atoms with Crippen LogP contribution in [0.15, 0.2) is 67.3 Å². The van der Waals surface area contributed by atoms with E-state index in [2.05, 4.69) is 105 Å². The van der Waals surface area contributed by atoms with Crippen molar-refractivity contribution in [1.82, 2.24) is 0 Å². The molecule has 0 saturated carbocycles. The van der Waals surface area contributed by atoms with Crippen molar-refractivity contribution in [2.24, 2.45) is 0 Å². The van der Waals surface area contributed by atoms with Gasteiger partial charge in [-0.05, 0) is 51.0 Å². The number of anilines is 1. The van der Waals surface area contributed by atoms with E-state index in [-0.39, 0.29) is 5.41 Å². The minimum absolute atomic E-state index is 0.0692. The number of rotatable bonds is 7. The first kappa shape index (κ1) is 19.2. The molecule has 0 saturated heterocycles. The van der Waals surface area contributed by atoms with Crippen LogP contribution in [-0.4, -0.2) is 30.4 Å². The largest absolute Gasteiger partial charge is 0.372 e. The third-order valence-electron chi connectivity index (χ3n) is 5.78. The van der Waals surface area contributed by atoms with E-state index in [1.165, 1.54) is 28.2 Å². The monoisotopic (exact) mass is 359 g/mol. The zero-order valence-electron chi connectivity index (χ0n) is 17.1. The van der Waals surface area contributed by atoms with E-state index in [9.17, 15) is 0 Å². The summed E-state index contributed by atoms with van der Waals surface area (Å²) in [6, 6.07) is 17.4. The highest BCUT2D eigenvalue weighted by Crippen LogP contribution is 2.44. The van der Waals surface area contributed by atoms with Crippen molar-refractivity contribution in [3.8, 4) is 0 Å². The lowest BCUT2D eigenvalue weighted by atomic mass is 9.76. The fourth-order valence-electron chi connectivity index (χ4n) is 4.22. The van der Waals surface area contributed by atoms with Gasteiger partial charge in [-0.1, -0.05) is 36.4 Å². The third kappa shape index (κ3) is 3.49. The molecule has 0 radical (unpaired) electrons. The molecule has 1 heterocycles. The van der Waals surface area contributed by atoms with Gasteiger partial charge in [0.1, 0.15) is 7.05 Å². The molecule has 2 aromatic rings. The van der Waals surface area contributed by atoms with E-state index >= 15 is 0 Å². The van der Waals surface area contributed by atoms with Crippen molar-refractivity contribution in [3.63, 3.8) is 0 Å². The lowest BCUT2D eigenvalue weighted by molar-refractivity contribution is -0.401. The average molecular weight is 360 g/mol. The van der Waals surface area contributed by atoms with E-state index < -0.39 is 0 Å². The molecular weight excluding hydrogens is 328 g/mol. The van der Waals surface area contributed by atoms with Crippen LogP contribution in [-0.2, 0) is 5.41 Å². The van der Waals surface area contributed by atoms with E-state index in [0.29, 0.717) is 0 Å². The van der Waals surface area contributed by atoms with E-state index in [1.807, 2.05) is 6.08 Å². The van der Waals surface area contributed by atoms with Crippen LogP contribution in [0.3, 0.4) is 0 Å². The topological polar surface area (TPSA) is 6.25 Å². The van der Waals surface area contributed by atoms with Crippen LogP contribution in [0.4, 0.5) is 11.4 Å². The Morgan fingerprint density at radius 1 is 1.04 bits per heavy atom. The van der Waals surface area contributed by atoms with Crippen molar-refractivity contribution >= 4 is 23.2 Å². The summed E-state index contributed by atoms with van der Waals surface area (Å²) in [5, 5.41) is 0. The van der Waals surface area contributed by atoms with Gasteiger partial charge in [-0.2, -0.15) is 4.58 Å². The molecule has 0 amide bonds. The van der Waals surface area contributed by atoms with Gasteiger partial charge in [-0.25, -0.2) is 0 Å². The molecule has 0 aliphatic carbocycles. The molecule has 1 unspecified atom stereocenters. The number of hydrogen-bond acceptors (Lipinski definition) is 1. The summed E-state index contributed by atoms with van der Waals surface area (Å²) in [4.78, 5) is 2.41. The van der Waals surface area contributed by atoms with Crippen LogP contribution in [0, 0.1) is 0 Å². The number of allylic oxidation sites excluding steroid dienone is 2. The number of fused-ring (bicyclic) bond motifs is 1. The Labute approximate surface area is 164 Å². The SMILES string of the molecule is C=CCC1(C)C(/C=C/c2ccccc2)=[N+](C)c2ccc(N(CC)CC)cc21. The molecule has 0 aromatic heterocycles. The van der Waals surface area contributed by atoms with Gasteiger partial charge in [0.05, 0.1) is 5.41 Å². The summed E-state index contributed by atoms with van der Waals surface area (Å²) >= 11 is 0. The number of hydrogen-bond donors (Lipinski definition) is 0. The summed E-state index contributed by atoms with van der Waals surface area (Å²) in [7, 11) is 2.18. The molecule has 1 atom stereocenters. The van der Waals surface area contributed by atoms with Crippen molar-refractivity contribution < 1.29 is 4.58 Å². The quantitative estimate of drug-likeness (QED) is 0.447. The van der Waals surface area contributed by atoms with Gasteiger partial charge in [-0.15, -0.1) is 6.58 Å². The van der Waals surface area contributed by atoms with Crippen LogP contribution in [0.5, 0.6) is 0 Å². The van der Waals surface area contributed by atoms with Crippen LogP contribution in [0.1, 0.15) is 38.3 Å². The van der Waals surface area contributed by atoms with Crippen molar-refractivity contribution in [1.29, 1.82) is 0 Å². The zero-order chi connectivity index (χ0) is 19.4. The zero-order valence-corrected chi connectivity index (χ0v) is 17.1. The maximum Gasteiger partial charge on any atom is 0.209 e. The lowest BCUT2D eigenvalue weighted by Gasteiger charge is -2.24. The minimum Gasteiger partial charge on any atom is -0.372 e. The molecule has 0 N–H and O–H groups in total. The first-order valence-electron chi connectivity index (χ1n) is 9.89. The molecule has 27 heavy (non-hydrogen) atoms. The molecule has 2 aromatic carbocycles. The van der Waals surface area contributed by atoms with Gasteiger partial charge in [0, 0.05) is 36.5 Å². The fraction of sp³-hybridized carbons (Fsp3) is 0.320. The van der Waals surface area contributed by atoms with Crippen LogP contribution < -0.4 is 4.90 Å². The van der Waals surface area contributed by atoms with E-state index in [4.69, 9.17) is 0 Å². The Balaban J connectivity index is 2.07. The lowest BCUT2D eigenvalue weighted by Crippen LogP contribution is -2.30. The average Bonchev–Trinajstić information content (AvgIpc) is 2.89. The minimum atomic E-state index is -0.0692. The van der Waals surface area contributed by atoms with Crippen molar-refractivity contribution in [2.75, 3.05) is 25.0 Å². The first-order chi connectivity index (χ1) is 13.0. The molecule has 0 fully saturated rings.